The molecule has 1 amide bonds. The van der Waals surface area contributed by atoms with Crippen LogP contribution < -0.4 is 0 Å². The molecule has 2 heterocycles. The standard InChI is InChI=1S/C15H23N3O2/c1-12-7-16-18(8-12)14-3-2-6-17(9-14)15(19)11-20-10-13-4-5-13/h7-8,13-14H,2-6,9-11H2,1H3/t14-/m0/s1. The number of rotatable bonds is 5. The third-order valence-corrected chi connectivity index (χ3v) is 4.13. The van der Waals surface area contributed by atoms with Crippen molar-refractivity contribution in [2.45, 2.75) is 38.6 Å². The highest BCUT2D eigenvalue weighted by atomic mass is 16.5. The summed E-state index contributed by atoms with van der Waals surface area (Å²) in [7, 11) is 0. The van der Waals surface area contributed by atoms with E-state index in [4.69, 9.17) is 4.74 Å². The molecule has 0 N–H and O–H groups in total. The van der Waals surface area contributed by atoms with E-state index < -0.39 is 0 Å². The average Bonchev–Trinajstić information content (AvgIpc) is 3.18. The molecule has 2 aliphatic rings. The molecule has 1 aliphatic carbocycles. The molecule has 2 fully saturated rings. The van der Waals surface area contributed by atoms with E-state index in [1.807, 2.05) is 22.7 Å². The maximum absolute atomic E-state index is 12.2. The minimum Gasteiger partial charge on any atom is -0.371 e. The summed E-state index contributed by atoms with van der Waals surface area (Å²) in [5, 5.41) is 4.37. The van der Waals surface area contributed by atoms with E-state index in [-0.39, 0.29) is 12.5 Å². The zero-order chi connectivity index (χ0) is 13.9. The Hall–Kier alpha value is -1.36. The molecule has 0 spiro atoms. The van der Waals surface area contributed by atoms with E-state index in [2.05, 4.69) is 11.3 Å². The number of carbonyl (C=O) groups is 1. The molecule has 3 rings (SSSR count). The second-order valence-corrected chi connectivity index (χ2v) is 6.09. The summed E-state index contributed by atoms with van der Waals surface area (Å²) < 4.78 is 7.50. The molecule has 5 heteroatoms. The monoisotopic (exact) mass is 277 g/mol. The van der Waals surface area contributed by atoms with Gasteiger partial charge in [-0.25, -0.2) is 0 Å². The van der Waals surface area contributed by atoms with E-state index in [9.17, 15) is 4.79 Å². The van der Waals surface area contributed by atoms with Crippen LogP contribution in [0.4, 0.5) is 0 Å². The summed E-state index contributed by atoms with van der Waals surface area (Å²) in [6, 6.07) is 0.310. The van der Waals surface area contributed by atoms with Gasteiger partial charge in [0.1, 0.15) is 6.61 Å². The Morgan fingerprint density at radius 2 is 2.30 bits per heavy atom. The Balaban J connectivity index is 1.50. The van der Waals surface area contributed by atoms with Crippen LogP contribution in [0.25, 0.3) is 0 Å². The fourth-order valence-corrected chi connectivity index (χ4v) is 2.72. The fourth-order valence-electron chi connectivity index (χ4n) is 2.72. The molecule has 0 aromatic carbocycles. The zero-order valence-electron chi connectivity index (χ0n) is 12.1. The van der Waals surface area contributed by atoms with Gasteiger partial charge in [0.2, 0.25) is 5.91 Å². The number of amides is 1. The van der Waals surface area contributed by atoms with E-state index in [0.717, 1.165) is 32.5 Å². The summed E-state index contributed by atoms with van der Waals surface area (Å²) in [4.78, 5) is 14.1. The highest BCUT2D eigenvalue weighted by molar-refractivity contribution is 5.77. The van der Waals surface area contributed by atoms with Gasteiger partial charge in [0, 0.05) is 19.3 Å². The lowest BCUT2D eigenvalue weighted by atomic mass is 10.1. The Morgan fingerprint density at radius 3 is 3.00 bits per heavy atom. The molecule has 1 atom stereocenters. The summed E-state index contributed by atoms with van der Waals surface area (Å²) in [5.74, 6) is 0.836. The first-order chi connectivity index (χ1) is 9.72. The molecule has 1 saturated heterocycles. The summed E-state index contributed by atoms with van der Waals surface area (Å²) >= 11 is 0. The van der Waals surface area contributed by atoms with Gasteiger partial charge in [-0.2, -0.15) is 5.10 Å². The van der Waals surface area contributed by atoms with Crippen molar-refractivity contribution in [3.05, 3.63) is 18.0 Å². The van der Waals surface area contributed by atoms with E-state index >= 15 is 0 Å². The molecule has 1 aromatic heterocycles. The molecule has 20 heavy (non-hydrogen) atoms. The first-order valence-corrected chi connectivity index (χ1v) is 7.58. The van der Waals surface area contributed by atoms with Crippen molar-refractivity contribution in [3.63, 3.8) is 0 Å². The minimum atomic E-state index is 0.124. The van der Waals surface area contributed by atoms with Gasteiger partial charge in [0.05, 0.1) is 18.8 Å². The molecule has 0 radical (unpaired) electrons. The van der Waals surface area contributed by atoms with Crippen molar-refractivity contribution in [3.8, 4) is 0 Å². The fraction of sp³-hybridized carbons (Fsp3) is 0.733. The number of aromatic nitrogens is 2. The second kappa shape index (κ2) is 5.95. The molecule has 5 nitrogen and oxygen atoms in total. The quantitative estimate of drug-likeness (QED) is 0.824. The first-order valence-electron chi connectivity index (χ1n) is 7.58. The maximum atomic E-state index is 12.2. The number of nitrogens with zero attached hydrogens (tertiary/aromatic N) is 3. The number of hydrogen-bond donors (Lipinski definition) is 0. The Bertz CT molecular complexity index is 467. The Labute approximate surface area is 119 Å². The maximum Gasteiger partial charge on any atom is 0.248 e. The highest BCUT2D eigenvalue weighted by Crippen LogP contribution is 2.28. The molecule has 110 valence electrons. The van der Waals surface area contributed by atoms with Crippen molar-refractivity contribution < 1.29 is 9.53 Å². The van der Waals surface area contributed by atoms with Crippen molar-refractivity contribution >= 4 is 5.91 Å². The van der Waals surface area contributed by atoms with Gasteiger partial charge >= 0.3 is 0 Å². The van der Waals surface area contributed by atoms with Gasteiger partial charge in [-0.1, -0.05) is 0 Å². The first kappa shape index (κ1) is 13.6. The van der Waals surface area contributed by atoms with Gasteiger partial charge < -0.3 is 9.64 Å². The molecule has 1 aromatic rings. The predicted octanol–water partition coefficient (Wildman–Crippen LogP) is 1.78. The average molecular weight is 277 g/mol. The zero-order valence-corrected chi connectivity index (χ0v) is 12.1. The van der Waals surface area contributed by atoms with Crippen LogP contribution in [0.3, 0.4) is 0 Å². The third kappa shape index (κ3) is 3.39. The van der Waals surface area contributed by atoms with Crippen molar-refractivity contribution in [2.24, 2.45) is 5.92 Å². The lowest BCUT2D eigenvalue weighted by Crippen LogP contribution is -2.42. The Morgan fingerprint density at radius 1 is 1.45 bits per heavy atom. The number of likely N-dealkylation sites (tertiary alicyclic amines) is 1. The topological polar surface area (TPSA) is 47.4 Å². The van der Waals surface area contributed by atoms with Crippen LogP contribution in [0.15, 0.2) is 12.4 Å². The van der Waals surface area contributed by atoms with Crippen molar-refractivity contribution in [2.75, 3.05) is 26.3 Å². The van der Waals surface area contributed by atoms with Crippen LogP contribution in [0.5, 0.6) is 0 Å². The van der Waals surface area contributed by atoms with Crippen molar-refractivity contribution in [1.29, 1.82) is 0 Å². The minimum absolute atomic E-state index is 0.124. The largest absolute Gasteiger partial charge is 0.371 e. The summed E-state index contributed by atoms with van der Waals surface area (Å²) in [5.41, 5.74) is 1.17. The number of ether oxygens (including phenoxy) is 1. The molecule has 1 saturated carbocycles. The number of hydrogen-bond acceptors (Lipinski definition) is 3. The van der Waals surface area contributed by atoms with Gasteiger partial charge in [0.15, 0.2) is 0 Å². The normalized spacial score (nSPS) is 23.1. The second-order valence-electron chi connectivity index (χ2n) is 6.09. The molecular formula is C15H23N3O2. The highest BCUT2D eigenvalue weighted by Gasteiger charge is 2.26. The van der Waals surface area contributed by atoms with Gasteiger partial charge in [-0.05, 0) is 44.1 Å². The predicted molar refractivity (Wildman–Crippen MR) is 75.4 cm³/mol. The lowest BCUT2D eigenvalue weighted by molar-refractivity contribution is -0.138. The van der Waals surface area contributed by atoms with Crippen LogP contribution in [-0.4, -0.2) is 46.9 Å². The number of piperidine rings is 1. The van der Waals surface area contributed by atoms with Crippen LogP contribution in [0.1, 0.15) is 37.3 Å². The van der Waals surface area contributed by atoms with Crippen LogP contribution in [0.2, 0.25) is 0 Å². The van der Waals surface area contributed by atoms with Gasteiger partial charge in [0.25, 0.3) is 0 Å². The molecule has 0 unspecified atom stereocenters. The lowest BCUT2D eigenvalue weighted by Gasteiger charge is -2.32. The molecule has 0 bridgehead atoms. The van der Waals surface area contributed by atoms with E-state index in [0.29, 0.717) is 12.0 Å². The number of carbonyl (C=O) groups excluding carboxylic acids is 1. The van der Waals surface area contributed by atoms with Crippen LogP contribution in [-0.2, 0) is 9.53 Å². The number of aryl methyl sites for hydroxylation is 1. The summed E-state index contributed by atoms with van der Waals surface area (Å²) in [6.45, 7) is 4.64. The van der Waals surface area contributed by atoms with Gasteiger partial charge in [-0.3, -0.25) is 9.48 Å². The smallest absolute Gasteiger partial charge is 0.248 e. The third-order valence-electron chi connectivity index (χ3n) is 4.13. The summed E-state index contributed by atoms with van der Waals surface area (Å²) in [6.07, 6.45) is 8.59. The van der Waals surface area contributed by atoms with Crippen LogP contribution in [0, 0.1) is 12.8 Å². The van der Waals surface area contributed by atoms with Gasteiger partial charge in [-0.15, -0.1) is 0 Å². The van der Waals surface area contributed by atoms with E-state index in [1.165, 1.54) is 18.4 Å². The molecular weight excluding hydrogens is 254 g/mol. The van der Waals surface area contributed by atoms with E-state index in [1.54, 1.807) is 0 Å². The SMILES string of the molecule is Cc1cnn([C@H]2CCCN(C(=O)COCC3CC3)C2)c1. The molecule has 1 aliphatic heterocycles. The van der Waals surface area contributed by atoms with Crippen LogP contribution >= 0.6 is 0 Å². The van der Waals surface area contributed by atoms with Crippen molar-refractivity contribution in [1.82, 2.24) is 14.7 Å². The Kier molecular flexibility index (Phi) is 4.05.